The van der Waals surface area contributed by atoms with E-state index < -0.39 is 11.3 Å². The summed E-state index contributed by atoms with van der Waals surface area (Å²) < 4.78 is 7.16. The van der Waals surface area contributed by atoms with Gasteiger partial charge < -0.3 is 10.5 Å². The summed E-state index contributed by atoms with van der Waals surface area (Å²) in [6.07, 6.45) is 1.12. The highest BCUT2D eigenvalue weighted by Gasteiger charge is 2.38. The number of nitrogens with two attached hydrogens (primary N) is 1. The van der Waals surface area contributed by atoms with Gasteiger partial charge in [-0.2, -0.15) is 0 Å². The Kier molecular flexibility index (Phi) is 5.51. The van der Waals surface area contributed by atoms with E-state index >= 15 is 0 Å². The molecule has 3 rings (SSSR count). The molecule has 5 heteroatoms. The Bertz CT molecular complexity index is 1100. The average Bonchev–Trinajstić information content (AvgIpc) is 3.06. The molecule has 1 heterocycles. The van der Waals surface area contributed by atoms with Crippen LogP contribution in [-0.4, -0.2) is 23.5 Å². The van der Waals surface area contributed by atoms with Crippen LogP contribution in [0.4, 0.5) is 0 Å². The molecule has 0 radical (unpaired) electrons. The average molecular weight is 392 g/mol. The molecule has 2 aromatic carbocycles. The number of ether oxygens (including phenoxy) is 1. The summed E-state index contributed by atoms with van der Waals surface area (Å²) in [5, 5.41) is 0.825. The van der Waals surface area contributed by atoms with Gasteiger partial charge in [-0.05, 0) is 62.1 Å². The van der Waals surface area contributed by atoms with Gasteiger partial charge in [-0.25, -0.2) is 0 Å². The minimum absolute atomic E-state index is 0.107. The topological polar surface area (TPSA) is 74.3 Å². The lowest BCUT2D eigenvalue weighted by Gasteiger charge is -2.26. The number of aromatic nitrogens is 1. The maximum atomic E-state index is 13.6. The Morgan fingerprint density at radius 3 is 2.38 bits per heavy atom. The Morgan fingerprint density at radius 2 is 1.83 bits per heavy atom. The van der Waals surface area contributed by atoms with Gasteiger partial charge in [0.1, 0.15) is 5.75 Å². The van der Waals surface area contributed by atoms with Crippen LogP contribution >= 0.6 is 0 Å². The number of hydrogen-bond acceptors (Lipinski definition) is 3. The first-order chi connectivity index (χ1) is 13.8. The molecule has 0 aliphatic rings. The van der Waals surface area contributed by atoms with Crippen LogP contribution in [0.15, 0.2) is 42.5 Å². The highest BCUT2D eigenvalue weighted by molar-refractivity contribution is 6.06. The van der Waals surface area contributed by atoms with Crippen LogP contribution in [0.1, 0.15) is 54.4 Å². The molecule has 0 aliphatic carbocycles. The van der Waals surface area contributed by atoms with Crippen molar-refractivity contribution in [3.63, 3.8) is 0 Å². The van der Waals surface area contributed by atoms with E-state index in [1.54, 1.807) is 11.7 Å². The predicted molar refractivity (Wildman–Crippen MR) is 116 cm³/mol. The molecule has 152 valence electrons. The first kappa shape index (κ1) is 20.6. The van der Waals surface area contributed by atoms with Gasteiger partial charge in [-0.1, -0.05) is 32.0 Å². The van der Waals surface area contributed by atoms with Crippen molar-refractivity contribution in [3.8, 4) is 5.75 Å². The Balaban J connectivity index is 2.44. The lowest BCUT2D eigenvalue weighted by Crippen LogP contribution is -2.38. The normalized spacial score (nSPS) is 13.3. The molecule has 0 fully saturated rings. The third kappa shape index (κ3) is 3.20. The number of primary amides is 1. The number of benzene rings is 2. The summed E-state index contributed by atoms with van der Waals surface area (Å²) in [5.74, 6) is 0.161. The first-order valence-corrected chi connectivity index (χ1v) is 9.92. The van der Waals surface area contributed by atoms with Gasteiger partial charge in [0.15, 0.2) is 0 Å². The van der Waals surface area contributed by atoms with E-state index in [1.807, 2.05) is 70.2 Å². The summed E-state index contributed by atoms with van der Waals surface area (Å²) in [5.41, 5.74) is 8.88. The highest BCUT2D eigenvalue weighted by Crippen LogP contribution is 2.40. The monoisotopic (exact) mass is 392 g/mol. The number of carbonyl (C=O) groups is 2. The molecule has 1 amide bonds. The summed E-state index contributed by atoms with van der Waals surface area (Å²) >= 11 is 0. The molecule has 0 spiro atoms. The van der Waals surface area contributed by atoms with Crippen LogP contribution in [0.25, 0.3) is 10.9 Å². The summed E-state index contributed by atoms with van der Waals surface area (Å²) in [7, 11) is 1.60. The number of amides is 1. The van der Waals surface area contributed by atoms with Gasteiger partial charge >= 0.3 is 0 Å². The SMILES string of the molecule is CCc1c(C(C)(CC)C(N)=O)c2cc(OC)ccc2n1C(=O)c1ccccc1C. The van der Waals surface area contributed by atoms with Gasteiger partial charge in [-0.3, -0.25) is 14.2 Å². The fourth-order valence-electron chi connectivity index (χ4n) is 4.04. The quantitative estimate of drug-likeness (QED) is 0.677. The predicted octanol–water partition coefficient (Wildman–Crippen LogP) is 4.36. The molecule has 29 heavy (non-hydrogen) atoms. The van der Waals surface area contributed by atoms with E-state index in [1.165, 1.54) is 0 Å². The van der Waals surface area contributed by atoms with Gasteiger partial charge in [0.25, 0.3) is 5.91 Å². The van der Waals surface area contributed by atoms with Crippen molar-refractivity contribution in [1.29, 1.82) is 0 Å². The second kappa shape index (κ2) is 7.74. The van der Waals surface area contributed by atoms with Crippen LogP contribution in [0.3, 0.4) is 0 Å². The number of methoxy groups -OCH3 is 1. The van der Waals surface area contributed by atoms with E-state index in [0.29, 0.717) is 24.2 Å². The molecule has 1 unspecified atom stereocenters. The summed E-state index contributed by atoms with van der Waals surface area (Å²) in [6, 6.07) is 13.1. The van der Waals surface area contributed by atoms with E-state index in [0.717, 1.165) is 27.7 Å². The smallest absolute Gasteiger partial charge is 0.262 e. The zero-order chi connectivity index (χ0) is 21.3. The summed E-state index contributed by atoms with van der Waals surface area (Å²) in [4.78, 5) is 26.1. The molecular formula is C24H28N2O3. The number of rotatable bonds is 6. The molecule has 1 atom stereocenters. The van der Waals surface area contributed by atoms with Gasteiger partial charge in [0, 0.05) is 16.6 Å². The van der Waals surface area contributed by atoms with Crippen molar-refractivity contribution in [1.82, 2.24) is 4.57 Å². The second-order valence-electron chi connectivity index (χ2n) is 7.56. The highest BCUT2D eigenvalue weighted by atomic mass is 16.5. The van der Waals surface area contributed by atoms with Crippen molar-refractivity contribution in [2.45, 2.75) is 46.0 Å². The molecule has 0 bridgehead atoms. The lowest BCUT2D eigenvalue weighted by atomic mass is 9.77. The van der Waals surface area contributed by atoms with E-state index in [-0.39, 0.29) is 5.91 Å². The standard InChI is InChI=1S/C24H28N2O3/c1-6-19-21(24(4,7-2)23(25)28)18-14-16(29-5)12-13-20(18)26(19)22(27)17-11-9-8-10-15(17)3/h8-14H,6-7H2,1-5H3,(H2,25,28). The van der Waals surface area contributed by atoms with Crippen LogP contribution in [0.2, 0.25) is 0 Å². The fraction of sp³-hybridized carbons (Fsp3) is 0.333. The van der Waals surface area contributed by atoms with E-state index in [2.05, 4.69) is 0 Å². The van der Waals surface area contributed by atoms with E-state index in [4.69, 9.17) is 10.5 Å². The first-order valence-electron chi connectivity index (χ1n) is 9.92. The maximum absolute atomic E-state index is 13.6. The van der Waals surface area contributed by atoms with Crippen molar-refractivity contribution in [2.24, 2.45) is 5.73 Å². The van der Waals surface area contributed by atoms with Gasteiger partial charge in [0.2, 0.25) is 5.91 Å². The molecule has 0 saturated carbocycles. The molecular weight excluding hydrogens is 364 g/mol. The third-order valence-corrected chi connectivity index (χ3v) is 5.99. The van der Waals surface area contributed by atoms with Crippen LogP contribution in [-0.2, 0) is 16.6 Å². The zero-order valence-corrected chi connectivity index (χ0v) is 17.7. The largest absolute Gasteiger partial charge is 0.497 e. The number of aryl methyl sites for hydroxylation is 1. The number of fused-ring (bicyclic) bond motifs is 1. The van der Waals surface area contributed by atoms with Crippen LogP contribution in [0, 0.1) is 6.92 Å². The molecule has 0 aliphatic heterocycles. The molecule has 1 aromatic heterocycles. The fourth-order valence-corrected chi connectivity index (χ4v) is 4.04. The Morgan fingerprint density at radius 1 is 1.14 bits per heavy atom. The minimum atomic E-state index is -0.896. The number of nitrogens with zero attached hydrogens (tertiary/aromatic N) is 1. The number of carbonyl (C=O) groups excluding carboxylic acids is 2. The molecule has 2 N–H and O–H groups in total. The minimum Gasteiger partial charge on any atom is -0.497 e. The van der Waals surface area contributed by atoms with Crippen molar-refractivity contribution < 1.29 is 14.3 Å². The molecule has 3 aromatic rings. The van der Waals surface area contributed by atoms with Crippen LogP contribution < -0.4 is 10.5 Å². The van der Waals surface area contributed by atoms with Gasteiger partial charge in [-0.15, -0.1) is 0 Å². The van der Waals surface area contributed by atoms with Gasteiger partial charge in [0.05, 0.1) is 18.0 Å². The van der Waals surface area contributed by atoms with Crippen LogP contribution in [0.5, 0.6) is 5.75 Å². The van der Waals surface area contributed by atoms with Crippen molar-refractivity contribution >= 4 is 22.7 Å². The Hall–Kier alpha value is -3.08. The van der Waals surface area contributed by atoms with E-state index in [9.17, 15) is 9.59 Å². The second-order valence-corrected chi connectivity index (χ2v) is 7.56. The Labute approximate surface area is 171 Å². The molecule has 5 nitrogen and oxygen atoms in total. The zero-order valence-electron chi connectivity index (χ0n) is 17.7. The summed E-state index contributed by atoms with van der Waals surface area (Å²) in [6.45, 7) is 7.71. The number of hydrogen-bond donors (Lipinski definition) is 1. The van der Waals surface area contributed by atoms with Crippen molar-refractivity contribution in [3.05, 3.63) is 64.8 Å². The lowest BCUT2D eigenvalue weighted by molar-refractivity contribution is -0.123. The maximum Gasteiger partial charge on any atom is 0.262 e. The van der Waals surface area contributed by atoms with Crippen molar-refractivity contribution in [2.75, 3.05) is 7.11 Å². The molecule has 0 saturated heterocycles. The third-order valence-electron chi connectivity index (χ3n) is 5.99.